The van der Waals surface area contributed by atoms with Gasteiger partial charge in [-0.25, -0.2) is 5.43 Å². The Morgan fingerprint density at radius 1 is 0.962 bits per heavy atom. The molecule has 0 bridgehead atoms. The zero-order valence-corrected chi connectivity index (χ0v) is 14.3. The molecule has 3 rings (SSSR count). The number of hydrogen-bond donors (Lipinski definition) is 1. The molecule has 3 aromatic rings. The fraction of sp³-hybridized carbons (Fsp3) is 0.0952. The topological polar surface area (TPSA) is 54.6 Å². The summed E-state index contributed by atoms with van der Waals surface area (Å²) in [6.45, 7) is 0.756. The highest BCUT2D eigenvalue weighted by Crippen LogP contribution is 2.13. The van der Waals surface area contributed by atoms with E-state index in [2.05, 4.69) is 10.5 Å². The summed E-state index contributed by atoms with van der Waals surface area (Å²) in [7, 11) is 0. The molecule has 0 aliphatic carbocycles. The van der Waals surface area contributed by atoms with Crippen molar-refractivity contribution >= 4 is 12.1 Å². The van der Waals surface area contributed by atoms with Crippen LogP contribution in [0.5, 0.6) is 5.75 Å². The van der Waals surface area contributed by atoms with E-state index in [1.165, 1.54) is 0 Å². The molecule has 5 nitrogen and oxygen atoms in total. The Bertz CT molecular complexity index is 847. The molecule has 0 aliphatic heterocycles. The molecular formula is C21H20N3O2+. The second-order valence-corrected chi connectivity index (χ2v) is 5.68. The van der Waals surface area contributed by atoms with Gasteiger partial charge in [0.05, 0.1) is 6.21 Å². The SMILES string of the molecule is O=C(C[n+]1ccccc1)N/N=C\c1ccc(OCc2ccccc2)cc1. The molecule has 26 heavy (non-hydrogen) atoms. The summed E-state index contributed by atoms with van der Waals surface area (Å²) in [5.74, 6) is 0.607. The second kappa shape index (κ2) is 9.13. The zero-order valence-electron chi connectivity index (χ0n) is 14.3. The van der Waals surface area contributed by atoms with E-state index in [4.69, 9.17) is 4.74 Å². The van der Waals surface area contributed by atoms with Crippen LogP contribution in [0.3, 0.4) is 0 Å². The van der Waals surface area contributed by atoms with Crippen LogP contribution in [0, 0.1) is 0 Å². The van der Waals surface area contributed by atoms with Gasteiger partial charge in [0.1, 0.15) is 12.4 Å². The van der Waals surface area contributed by atoms with Crippen molar-refractivity contribution < 1.29 is 14.1 Å². The molecule has 1 amide bonds. The number of nitrogens with zero attached hydrogens (tertiary/aromatic N) is 2. The van der Waals surface area contributed by atoms with E-state index in [0.29, 0.717) is 6.61 Å². The lowest BCUT2D eigenvalue weighted by Gasteiger charge is -2.06. The number of amides is 1. The molecule has 1 N–H and O–H groups in total. The lowest BCUT2D eigenvalue weighted by atomic mass is 10.2. The van der Waals surface area contributed by atoms with E-state index in [-0.39, 0.29) is 12.5 Å². The first-order chi connectivity index (χ1) is 12.8. The van der Waals surface area contributed by atoms with Gasteiger partial charge in [0.25, 0.3) is 0 Å². The fourth-order valence-corrected chi connectivity index (χ4v) is 2.31. The molecule has 5 heteroatoms. The number of nitrogens with one attached hydrogen (secondary N) is 1. The maximum absolute atomic E-state index is 11.8. The molecule has 0 saturated heterocycles. The van der Waals surface area contributed by atoms with E-state index in [1.54, 1.807) is 10.8 Å². The van der Waals surface area contributed by atoms with Crippen LogP contribution < -0.4 is 14.7 Å². The smallest absolute Gasteiger partial charge is 0.305 e. The molecule has 0 atom stereocenters. The lowest BCUT2D eigenvalue weighted by molar-refractivity contribution is -0.684. The first kappa shape index (κ1) is 17.4. The van der Waals surface area contributed by atoms with Gasteiger partial charge < -0.3 is 4.74 Å². The molecule has 0 saturated carbocycles. The highest BCUT2D eigenvalue weighted by Gasteiger charge is 2.06. The van der Waals surface area contributed by atoms with Crippen LogP contribution in [-0.2, 0) is 17.9 Å². The number of hydrazone groups is 1. The van der Waals surface area contributed by atoms with Gasteiger partial charge in [-0.3, -0.25) is 4.79 Å². The highest BCUT2D eigenvalue weighted by molar-refractivity contribution is 5.82. The molecule has 2 aromatic carbocycles. The van der Waals surface area contributed by atoms with Crippen molar-refractivity contribution in [3.05, 3.63) is 96.3 Å². The third kappa shape index (κ3) is 5.56. The van der Waals surface area contributed by atoms with E-state index in [0.717, 1.165) is 16.9 Å². The standard InChI is InChI=1S/C21H19N3O2/c25-21(16-24-13-5-2-6-14-24)23-22-15-18-9-11-20(12-10-18)26-17-19-7-3-1-4-8-19/h1-15H,16-17H2/p+1/b22-15-. The molecule has 1 heterocycles. The Morgan fingerprint density at radius 2 is 1.65 bits per heavy atom. The summed E-state index contributed by atoms with van der Waals surface area (Å²) >= 11 is 0. The van der Waals surface area contributed by atoms with E-state index in [9.17, 15) is 4.79 Å². The Kier molecular flexibility index (Phi) is 6.09. The average molecular weight is 346 g/mol. The van der Waals surface area contributed by atoms with Crippen molar-refractivity contribution in [3.8, 4) is 5.75 Å². The minimum Gasteiger partial charge on any atom is -0.489 e. The number of benzene rings is 2. The largest absolute Gasteiger partial charge is 0.489 e. The van der Waals surface area contributed by atoms with Crippen molar-refractivity contribution in [1.29, 1.82) is 0 Å². The molecule has 0 unspecified atom stereocenters. The van der Waals surface area contributed by atoms with Crippen LogP contribution in [0.4, 0.5) is 0 Å². The normalized spacial score (nSPS) is 10.6. The van der Waals surface area contributed by atoms with Gasteiger partial charge in [-0.15, -0.1) is 0 Å². The number of aromatic nitrogens is 1. The van der Waals surface area contributed by atoms with Crippen molar-refractivity contribution in [3.63, 3.8) is 0 Å². The predicted octanol–water partition coefficient (Wildman–Crippen LogP) is 2.70. The molecule has 0 fully saturated rings. The van der Waals surface area contributed by atoms with Crippen LogP contribution in [0.2, 0.25) is 0 Å². The Morgan fingerprint density at radius 3 is 2.38 bits per heavy atom. The van der Waals surface area contributed by atoms with Crippen molar-refractivity contribution in [2.75, 3.05) is 0 Å². The van der Waals surface area contributed by atoms with Crippen LogP contribution in [0.15, 0.2) is 90.3 Å². The number of rotatable bonds is 7. The molecule has 0 radical (unpaired) electrons. The first-order valence-corrected chi connectivity index (χ1v) is 8.32. The molecule has 0 aliphatic rings. The average Bonchev–Trinajstić information content (AvgIpc) is 2.69. The third-order valence-electron chi connectivity index (χ3n) is 3.63. The van der Waals surface area contributed by atoms with Crippen molar-refractivity contribution in [2.45, 2.75) is 13.2 Å². The van der Waals surface area contributed by atoms with E-state index < -0.39 is 0 Å². The number of pyridine rings is 1. The maximum Gasteiger partial charge on any atom is 0.305 e. The number of hydrogen-bond acceptors (Lipinski definition) is 3. The van der Waals surface area contributed by atoms with Crippen LogP contribution in [-0.4, -0.2) is 12.1 Å². The maximum atomic E-state index is 11.8. The van der Waals surface area contributed by atoms with E-state index in [1.807, 2.05) is 85.2 Å². The summed E-state index contributed by atoms with van der Waals surface area (Å²) in [5, 5.41) is 3.98. The van der Waals surface area contributed by atoms with Gasteiger partial charge in [-0.1, -0.05) is 36.4 Å². The van der Waals surface area contributed by atoms with Crippen molar-refractivity contribution in [1.82, 2.24) is 5.43 Å². The summed E-state index contributed by atoms with van der Waals surface area (Å²) in [6.07, 6.45) is 5.27. The number of ether oxygens (including phenoxy) is 1. The van der Waals surface area contributed by atoms with Gasteiger partial charge >= 0.3 is 5.91 Å². The van der Waals surface area contributed by atoms with Gasteiger partial charge in [-0.2, -0.15) is 9.67 Å². The minimum absolute atomic E-state index is 0.180. The quantitative estimate of drug-likeness (QED) is 0.406. The number of carbonyl (C=O) groups excluding carboxylic acids is 1. The Labute approximate surface area is 152 Å². The minimum atomic E-state index is -0.180. The summed E-state index contributed by atoms with van der Waals surface area (Å²) < 4.78 is 7.52. The first-order valence-electron chi connectivity index (χ1n) is 8.32. The van der Waals surface area contributed by atoms with Gasteiger partial charge in [0.2, 0.25) is 6.54 Å². The van der Waals surface area contributed by atoms with Crippen LogP contribution in [0.1, 0.15) is 11.1 Å². The van der Waals surface area contributed by atoms with Gasteiger partial charge in [-0.05, 0) is 35.4 Å². The lowest BCUT2D eigenvalue weighted by Crippen LogP contribution is -2.40. The van der Waals surface area contributed by atoms with Crippen LogP contribution >= 0.6 is 0 Å². The molecule has 1 aromatic heterocycles. The highest BCUT2D eigenvalue weighted by atomic mass is 16.5. The molecule has 130 valence electrons. The summed E-state index contributed by atoms with van der Waals surface area (Å²) in [4.78, 5) is 11.8. The third-order valence-corrected chi connectivity index (χ3v) is 3.63. The van der Waals surface area contributed by atoms with Crippen LogP contribution in [0.25, 0.3) is 0 Å². The van der Waals surface area contributed by atoms with E-state index >= 15 is 0 Å². The summed E-state index contributed by atoms with van der Waals surface area (Å²) in [5.41, 5.74) is 4.52. The second-order valence-electron chi connectivity index (χ2n) is 5.68. The van der Waals surface area contributed by atoms with Crippen molar-refractivity contribution in [2.24, 2.45) is 5.10 Å². The molecule has 0 spiro atoms. The monoisotopic (exact) mass is 346 g/mol. The fourth-order valence-electron chi connectivity index (χ4n) is 2.31. The zero-order chi connectivity index (χ0) is 18.0. The number of carbonyl (C=O) groups is 1. The Hall–Kier alpha value is -3.47. The van der Waals surface area contributed by atoms with Gasteiger partial charge in [0, 0.05) is 12.1 Å². The van der Waals surface area contributed by atoms with Gasteiger partial charge in [0.15, 0.2) is 12.4 Å². The molecular weight excluding hydrogens is 326 g/mol. The Balaban J connectivity index is 1.46. The predicted molar refractivity (Wildman–Crippen MR) is 99.6 cm³/mol. The summed E-state index contributed by atoms with van der Waals surface area (Å²) in [6, 6.07) is 23.2.